The van der Waals surface area contributed by atoms with Crippen molar-refractivity contribution in [2.24, 2.45) is 0 Å². The van der Waals surface area contributed by atoms with E-state index in [0.29, 0.717) is 43.1 Å². The van der Waals surface area contributed by atoms with Crippen molar-refractivity contribution in [1.82, 2.24) is 15.1 Å². The number of benzene rings is 1. The Kier molecular flexibility index (Phi) is 6.18. The molecular formula is C19H25N3O5. The average molecular weight is 375 g/mol. The Morgan fingerprint density at radius 1 is 1.33 bits per heavy atom. The summed E-state index contributed by atoms with van der Waals surface area (Å²) in [5, 5.41) is 17.0. The van der Waals surface area contributed by atoms with Gasteiger partial charge in [0, 0.05) is 31.6 Å². The van der Waals surface area contributed by atoms with Gasteiger partial charge >= 0.3 is 0 Å². The van der Waals surface area contributed by atoms with Crippen LogP contribution in [0.4, 0.5) is 0 Å². The van der Waals surface area contributed by atoms with Crippen LogP contribution >= 0.6 is 0 Å². The highest BCUT2D eigenvalue weighted by molar-refractivity contribution is 5.76. The van der Waals surface area contributed by atoms with Crippen LogP contribution in [0.1, 0.15) is 18.4 Å². The monoisotopic (exact) mass is 375 g/mol. The van der Waals surface area contributed by atoms with Crippen LogP contribution in [0.25, 0.3) is 0 Å². The van der Waals surface area contributed by atoms with Gasteiger partial charge in [0.1, 0.15) is 18.0 Å². The molecule has 2 aromatic rings. The average Bonchev–Trinajstić information content (AvgIpc) is 3.21. The summed E-state index contributed by atoms with van der Waals surface area (Å²) in [4.78, 5) is 14.1. The molecular weight excluding hydrogens is 350 g/mol. The van der Waals surface area contributed by atoms with Gasteiger partial charge in [-0.05, 0) is 24.1 Å². The third-order valence-corrected chi connectivity index (χ3v) is 4.70. The number of nitrogens with zero attached hydrogens (tertiary/aromatic N) is 2. The second kappa shape index (κ2) is 8.77. The number of nitrogens with one attached hydrogen (secondary N) is 1. The molecule has 1 aromatic heterocycles. The highest BCUT2D eigenvalue weighted by Crippen LogP contribution is 2.32. The lowest BCUT2D eigenvalue weighted by atomic mass is 10.0. The first-order chi connectivity index (χ1) is 13.1. The van der Waals surface area contributed by atoms with Gasteiger partial charge in [0.15, 0.2) is 11.5 Å². The van der Waals surface area contributed by atoms with Crippen LogP contribution in [0.2, 0.25) is 0 Å². The summed E-state index contributed by atoms with van der Waals surface area (Å²) in [5.41, 5.74) is 0.996. The molecule has 1 aromatic carbocycles. The van der Waals surface area contributed by atoms with Crippen molar-refractivity contribution >= 4 is 5.91 Å². The van der Waals surface area contributed by atoms with Crippen LogP contribution in [0, 0.1) is 0 Å². The lowest BCUT2D eigenvalue weighted by Gasteiger charge is -2.36. The van der Waals surface area contributed by atoms with E-state index in [2.05, 4.69) is 10.2 Å². The third kappa shape index (κ3) is 4.71. The number of aryl methyl sites for hydroxylation is 1. The maximum atomic E-state index is 12.4. The topological polar surface area (TPSA) is 96.9 Å². The fraction of sp³-hybridized carbons (Fsp3) is 0.474. The molecule has 2 N–H and O–H groups in total. The Bertz CT molecular complexity index is 750. The number of likely N-dealkylation sites (tertiary alicyclic amines) is 1. The fourth-order valence-electron chi connectivity index (χ4n) is 3.16. The molecule has 0 radical (unpaired) electrons. The first kappa shape index (κ1) is 19.0. The first-order valence-corrected chi connectivity index (χ1v) is 8.93. The van der Waals surface area contributed by atoms with E-state index < -0.39 is 6.10 Å². The molecule has 0 aliphatic carbocycles. The van der Waals surface area contributed by atoms with E-state index >= 15 is 0 Å². The molecule has 8 heteroatoms. The number of methoxy groups -OCH3 is 2. The fourth-order valence-corrected chi connectivity index (χ4v) is 3.16. The summed E-state index contributed by atoms with van der Waals surface area (Å²) in [5.74, 6) is 1.80. The van der Waals surface area contributed by atoms with Crippen LogP contribution in [-0.4, -0.2) is 65.6 Å². The first-order valence-electron chi connectivity index (χ1n) is 8.93. The number of piperidine rings is 1. The minimum atomic E-state index is -0.746. The van der Waals surface area contributed by atoms with Crippen molar-refractivity contribution in [3.8, 4) is 17.2 Å². The van der Waals surface area contributed by atoms with Gasteiger partial charge in [0.25, 0.3) is 0 Å². The van der Waals surface area contributed by atoms with Gasteiger partial charge in [-0.1, -0.05) is 0 Å². The summed E-state index contributed by atoms with van der Waals surface area (Å²) >= 11 is 0. The molecule has 1 amide bonds. The number of ether oxygens (including phenoxy) is 3. The van der Waals surface area contributed by atoms with E-state index in [-0.39, 0.29) is 18.6 Å². The minimum Gasteiger partial charge on any atom is -0.493 e. The Balaban J connectivity index is 1.53. The number of rotatable bonds is 7. The zero-order valence-electron chi connectivity index (χ0n) is 15.6. The molecule has 146 valence electrons. The van der Waals surface area contributed by atoms with Gasteiger partial charge in [-0.2, -0.15) is 5.10 Å². The predicted molar refractivity (Wildman–Crippen MR) is 98.1 cm³/mol. The highest BCUT2D eigenvalue weighted by atomic mass is 16.5. The molecule has 3 rings (SSSR count). The van der Waals surface area contributed by atoms with Crippen molar-refractivity contribution in [2.75, 3.05) is 27.3 Å². The number of aromatic nitrogens is 2. The zero-order valence-corrected chi connectivity index (χ0v) is 15.6. The summed E-state index contributed by atoms with van der Waals surface area (Å²) in [6, 6.07) is 5.26. The van der Waals surface area contributed by atoms with Gasteiger partial charge < -0.3 is 24.2 Å². The number of carbonyl (C=O) groups excluding carboxylic acids is 1. The number of amides is 1. The van der Waals surface area contributed by atoms with E-state index in [0.717, 1.165) is 5.56 Å². The summed E-state index contributed by atoms with van der Waals surface area (Å²) in [6.07, 6.45) is 3.97. The molecule has 0 unspecified atom stereocenters. The second-order valence-corrected chi connectivity index (χ2v) is 6.48. The number of H-pyrrole nitrogens is 1. The number of hydrogen-bond donors (Lipinski definition) is 2. The zero-order chi connectivity index (χ0) is 19.2. The minimum absolute atomic E-state index is 0.0276. The molecule has 0 saturated carbocycles. The molecule has 8 nitrogen and oxygen atoms in total. The number of aromatic amines is 1. The maximum absolute atomic E-state index is 12.4. The molecule has 2 heterocycles. The van der Waals surface area contributed by atoms with Crippen molar-refractivity contribution in [1.29, 1.82) is 0 Å². The van der Waals surface area contributed by atoms with Crippen LogP contribution in [0.3, 0.4) is 0 Å². The Hall–Kier alpha value is -2.74. The largest absolute Gasteiger partial charge is 0.493 e. The third-order valence-electron chi connectivity index (χ3n) is 4.70. The van der Waals surface area contributed by atoms with Gasteiger partial charge in [-0.3, -0.25) is 9.89 Å². The number of carbonyl (C=O) groups is 1. The predicted octanol–water partition coefficient (Wildman–Crippen LogP) is 1.40. The molecule has 27 heavy (non-hydrogen) atoms. The molecule has 1 aliphatic heterocycles. The van der Waals surface area contributed by atoms with Crippen molar-refractivity contribution in [3.63, 3.8) is 0 Å². The van der Waals surface area contributed by atoms with Crippen molar-refractivity contribution in [3.05, 3.63) is 36.2 Å². The normalized spacial score (nSPS) is 19.6. The van der Waals surface area contributed by atoms with Crippen molar-refractivity contribution in [2.45, 2.75) is 31.5 Å². The second-order valence-electron chi connectivity index (χ2n) is 6.48. The molecule has 2 atom stereocenters. The number of aliphatic hydroxyl groups excluding tert-OH is 1. The number of hydrogen-bond acceptors (Lipinski definition) is 6. The maximum Gasteiger partial charge on any atom is 0.222 e. The lowest BCUT2D eigenvalue weighted by molar-refractivity contribution is -0.137. The standard InChI is InChI=1S/C19H25N3O5/c1-25-17-5-4-14(9-18(17)26-2)27-16-7-8-22(12-15(16)23)19(24)6-3-13-10-20-21-11-13/h4-5,9-11,15-16,23H,3,6-8,12H2,1-2H3,(H,20,21)/t15-,16-/m1/s1. The lowest BCUT2D eigenvalue weighted by Crippen LogP contribution is -2.51. The summed E-state index contributed by atoms with van der Waals surface area (Å²) in [6.45, 7) is 0.821. The van der Waals surface area contributed by atoms with E-state index in [1.54, 1.807) is 49.7 Å². The van der Waals surface area contributed by atoms with E-state index in [1.807, 2.05) is 0 Å². The molecule has 0 spiro atoms. The van der Waals surface area contributed by atoms with E-state index in [9.17, 15) is 9.90 Å². The Labute approximate surface area is 158 Å². The summed E-state index contributed by atoms with van der Waals surface area (Å²) in [7, 11) is 3.13. The van der Waals surface area contributed by atoms with Crippen molar-refractivity contribution < 1.29 is 24.1 Å². The van der Waals surface area contributed by atoms with Gasteiger partial charge in [-0.15, -0.1) is 0 Å². The van der Waals surface area contributed by atoms with Crippen LogP contribution in [0.15, 0.2) is 30.6 Å². The smallest absolute Gasteiger partial charge is 0.222 e. The van der Waals surface area contributed by atoms with Crippen LogP contribution in [0.5, 0.6) is 17.2 Å². The highest BCUT2D eigenvalue weighted by Gasteiger charge is 2.31. The van der Waals surface area contributed by atoms with E-state index in [4.69, 9.17) is 14.2 Å². The molecule has 1 fully saturated rings. The van der Waals surface area contributed by atoms with Gasteiger partial charge in [-0.25, -0.2) is 0 Å². The molecule has 1 saturated heterocycles. The quantitative estimate of drug-likeness (QED) is 0.759. The van der Waals surface area contributed by atoms with Gasteiger partial charge in [0.05, 0.1) is 27.0 Å². The summed E-state index contributed by atoms with van der Waals surface area (Å²) < 4.78 is 16.4. The number of β-amino-alcohol motifs (C(OH)–C–C–N with tert-alkyl or cyclic N) is 1. The van der Waals surface area contributed by atoms with Gasteiger partial charge in [0.2, 0.25) is 5.91 Å². The Morgan fingerprint density at radius 2 is 2.15 bits per heavy atom. The van der Waals surface area contributed by atoms with E-state index in [1.165, 1.54) is 0 Å². The Morgan fingerprint density at radius 3 is 2.81 bits per heavy atom. The SMILES string of the molecule is COc1ccc(O[C@@H]2CCN(C(=O)CCc3cn[nH]c3)C[C@H]2O)cc1OC. The van der Waals surface area contributed by atoms with Crippen LogP contribution < -0.4 is 14.2 Å². The molecule has 0 bridgehead atoms. The molecule has 1 aliphatic rings. The number of aliphatic hydroxyl groups is 1. The van der Waals surface area contributed by atoms with Crippen LogP contribution in [-0.2, 0) is 11.2 Å².